The molecule has 2 heterocycles. The average molecular weight is 309 g/mol. The number of aliphatic carboxylic acids is 1. The highest BCUT2D eigenvalue weighted by Crippen LogP contribution is 2.27. The molecule has 0 saturated carbocycles. The van der Waals surface area contributed by atoms with Crippen LogP contribution >= 0.6 is 11.3 Å². The Kier molecular flexibility index (Phi) is 4.59. The SMILES string of the molecule is Nc1nc(O)c(CCC[C@@H](C(=O)O)c2cccs2)c(=O)[nH]1. The van der Waals surface area contributed by atoms with Gasteiger partial charge in [-0.3, -0.25) is 14.6 Å². The van der Waals surface area contributed by atoms with Crippen LogP contribution in [0.5, 0.6) is 5.88 Å². The number of carboxylic acid groups (broad SMARTS) is 1. The largest absolute Gasteiger partial charge is 0.493 e. The number of thiophene rings is 1. The van der Waals surface area contributed by atoms with Crippen LogP contribution in [0.1, 0.15) is 29.2 Å². The van der Waals surface area contributed by atoms with Crippen LogP contribution < -0.4 is 11.3 Å². The Labute approximate surface area is 124 Å². The van der Waals surface area contributed by atoms with E-state index in [4.69, 9.17) is 5.73 Å². The Morgan fingerprint density at radius 2 is 2.29 bits per heavy atom. The number of carbonyl (C=O) groups is 1. The Balaban J connectivity index is 2.04. The van der Waals surface area contributed by atoms with E-state index < -0.39 is 23.3 Å². The van der Waals surface area contributed by atoms with Crippen molar-refractivity contribution in [2.75, 3.05) is 5.73 Å². The minimum Gasteiger partial charge on any atom is -0.493 e. The molecular weight excluding hydrogens is 294 g/mol. The number of rotatable bonds is 6. The van der Waals surface area contributed by atoms with Crippen molar-refractivity contribution in [3.05, 3.63) is 38.3 Å². The van der Waals surface area contributed by atoms with Gasteiger partial charge < -0.3 is 15.9 Å². The van der Waals surface area contributed by atoms with Gasteiger partial charge in [-0.2, -0.15) is 4.98 Å². The maximum atomic E-state index is 11.6. The Morgan fingerprint density at radius 1 is 1.52 bits per heavy atom. The first-order valence-electron chi connectivity index (χ1n) is 6.33. The molecule has 2 aromatic rings. The number of aromatic hydroxyl groups is 1. The first-order valence-corrected chi connectivity index (χ1v) is 7.21. The van der Waals surface area contributed by atoms with E-state index in [1.807, 2.05) is 5.38 Å². The van der Waals surface area contributed by atoms with Crippen molar-refractivity contribution in [2.45, 2.75) is 25.2 Å². The second-order valence-corrected chi connectivity index (χ2v) is 5.53. The van der Waals surface area contributed by atoms with E-state index in [9.17, 15) is 19.8 Å². The van der Waals surface area contributed by atoms with Gasteiger partial charge in [0.25, 0.3) is 5.56 Å². The third-order valence-electron chi connectivity index (χ3n) is 3.12. The van der Waals surface area contributed by atoms with E-state index in [2.05, 4.69) is 9.97 Å². The number of carboxylic acids is 1. The van der Waals surface area contributed by atoms with Crippen LogP contribution in [0.4, 0.5) is 5.95 Å². The lowest BCUT2D eigenvalue weighted by Crippen LogP contribution is -2.17. The molecule has 8 heteroatoms. The zero-order valence-electron chi connectivity index (χ0n) is 11.1. The first kappa shape index (κ1) is 15.0. The van der Waals surface area contributed by atoms with Crippen LogP contribution in [0.25, 0.3) is 0 Å². The fourth-order valence-electron chi connectivity index (χ4n) is 2.09. The number of nitrogens with zero attached hydrogens (tertiary/aromatic N) is 1. The van der Waals surface area contributed by atoms with Gasteiger partial charge in [-0.25, -0.2) is 0 Å². The molecular formula is C13H15N3O4S. The van der Waals surface area contributed by atoms with Crippen LogP contribution in [-0.4, -0.2) is 26.2 Å². The molecule has 2 aromatic heterocycles. The molecule has 0 bridgehead atoms. The topological polar surface area (TPSA) is 129 Å². The van der Waals surface area contributed by atoms with Gasteiger partial charge in [0.15, 0.2) is 0 Å². The summed E-state index contributed by atoms with van der Waals surface area (Å²) >= 11 is 1.39. The Bertz CT molecular complexity index is 681. The third kappa shape index (κ3) is 3.60. The van der Waals surface area contributed by atoms with E-state index in [0.717, 1.165) is 4.88 Å². The number of H-pyrrole nitrogens is 1. The summed E-state index contributed by atoms with van der Waals surface area (Å²) in [6, 6.07) is 3.58. The number of nitrogens with two attached hydrogens (primary N) is 1. The number of aromatic nitrogens is 2. The molecule has 0 amide bonds. The number of aromatic amines is 1. The summed E-state index contributed by atoms with van der Waals surface area (Å²) < 4.78 is 0. The molecule has 112 valence electrons. The lowest BCUT2D eigenvalue weighted by molar-refractivity contribution is -0.138. The van der Waals surface area contributed by atoms with E-state index in [1.165, 1.54) is 11.3 Å². The molecule has 0 saturated heterocycles. The second kappa shape index (κ2) is 6.40. The van der Waals surface area contributed by atoms with Gasteiger partial charge >= 0.3 is 5.97 Å². The lowest BCUT2D eigenvalue weighted by atomic mass is 9.99. The minimum atomic E-state index is -0.897. The van der Waals surface area contributed by atoms with Gasteiger partial charge in [-0.15, -0.1) is 11.3 Å². The van der Waals surface area contributed by atoms with Crippen molar-refractivity contribution in [1.82, 2.24) is 9.97 Å². The smallest absolute Gasteiger partial charge is 0.311 e. The second-order valence-electron chi connectivity index (χ2n) is 4.55. The molecule has 0 aliphatic carbocycles. The van der Waals surface area contributed by atoms with Crippen molar-refractivity contribution < 1.29 is 15.0 Å². The molecule has 1 atom stereocenters. The number of anilines is 1. The zero-order chi connectivity index (χ0) is 15.4. The summed E-state index contributed by atoms with van der Waals surface area (Å²) in [7, 11) is 0. The molecule has 0 aliphatic heterocycles. The van der Waals surface area contributed by atoms with Crippen molar-refractivity contribution in [3.8, 4) is 5.88 Å². The summed E-state index contributed by atoms with van der Waals surface area (Å²) in [6.07, 6.45) is 1.06. The van der Waals surface area contributed by atoms with Crippen LogP contribution in [-0.2, 0) is 11.2 Å². The summed E-state index contributed by atoms with van der Waals surface area (Å²) in [6.45, 7) is 0. The molecule has 0 fully saturated rings. The van der Waals surface area contributed by atoms with Gasteiger partial charge in [-0.1, -0.05) is 6.07 Å². The molecule has 5 N–H and O–H groups in total. The Morgan fingerprint density at radius 3 is 2.86 bits per heavy atom. The van der Waals surface area contributed by atoms with Crippen molar-refractivity contribution >= 4 is 23.3 Å². The highest BCUT2D eigenvalue weighted by atomic mass is 32.1. The number of hydrogen-bond acceptors (Lipinski definition) is 6. The third-order valence-corrected chi connectivity index (χ3v) is 4.10. The summed E-state index contributed by atoms with van der Waals surface area (Å²) in [5, 5.41) is 20.7. The molecule has 0 unspecified atom stereocenters. The predicted molar refractivity (Wildman–Crippen MR) is 78.6 cm³/mol. The van der Waals surface area contributed by atoms with Gasteiger partial charge in [0.2, 0.25) is 11.8 Å². The van der Waals surface area contributed by atoms with E-state index in [-0.39, 0.29) is 17.9 Å². The van der Waals surface area contributed by atoms with Crippen LogP contribution in [0.15, 0.2) is 22.3 Å². The zero-order valence-corrected chi connectivity index (χ0v) is 11.9. The van der Waals surface area contributed by atoms with Crippen molar-refractivity contribution in [3.63, 3.8) is 0 Å². The standard InChI is InChI=1S/C13H15N3O4S/c14-13-15-10(17)8(11(18)16-13)4-1-3-7(12(19)20)9-5-2-6-21-9/h2,5-7H,1,3-4H2,(H,19,20)(H4,14,15,16,17,18)/t7-/m1/s1. The molecule has 0 aliphatic rings. The van der Waals surface area contributed by atoms with Crippen molar-refractivity contribution in [1.29, 1.82) is 0 Å². The summed E-state index contributed by atoms with van der Waals surface area (Å²) in [5.41, 5.74) is 4.93. The molecule has 0 spiro atoms. The first-order chi connectivity index (χ1) is 9.99. The van der Waals surface area contributed by atoms with Gasteiger partial charge in [0.1, 0.15) is 0 Å². The van der Waals surface area contributed by atoms with E-state index in [1.54, 1.807) is 12.1 Å². The molecule has 0 radical (unpaired) electrons. The maximum Gasteiger partial charge on any atom is 0.311 e. The van der Waals surface area contributed by atoms with E-state index >= 15 is 0 Å². The molecule has 21 heavy (non-hydrogen) atoms. The quantitative estimate of drug-likeness (QED) is 0.636. The fourth-order valence-corrected chi connectivity index (χ4v) is 2.94. The number of nitrogen functional groups attached to an aromatic ring is 1. The summed E-state index contributed by atoms with van der Waals surface area (Å²) in [5.74, 6) is -2.05. The Hall–Kier alpha value is -2.35. The monoisotopic (exact) mass is 309 g/mol. The molecule has 2 rings (SSSR count). The average Bonchev–Trinajstić information content (AvgIpc) is 2.89. The fraction of sp³-hybridized carbons (Fsp3) is 0.308. The highest BCUT2D eigenvalue weighted by Gasteiger charge is 2.21. The van der Waals surface area contributed by atoms with Crippen molar-refractivity contribution in [2.24, 2.45) is 0 Å². The number of nitrogens with one attached hydrogen (secondary N) is 1. The molecule has 7 nitrogen and oxygen atoms in total. The van der Waals surface area contributed by atoms with Crippen LogP contribution in [0, 0.1) is 0 Å². The molecule has 0 aromatic carbocycles. The summed E-state index contributed by atoms with van der Waals surface area (Å²) in [4.78, 5) is 29.6. The van der Waals surface area contributed by atoms with Gasteiger partial charge in [0.05, 0.1) is 11.5 Å². The van der Waals surface area contributed by atoms with Crippen LogP contribution in [0.2, 0.25) is 0 Å². The lowest BCUT2D eigenvalue weighted by Gasteiger charge is -2.10. The van der Waals surface area contributed by atoms with Crippen LogP contribution in [0.3, 0.4) is 0 Å². The minimum absolute atomic E-state index is 0.125. The van der Waals surface area contributed by atoms with Gasteiger partial charge in [0, 0.05) is 4.88 Å². The maximum absolute atomic E-state index is 11.6. The predicted octanol–water partition coefficient (Wildman–Crippen LogP) is 1.31. The van der Waals surface area contributed by atoms with Gasteiger partial charge in [-0.05, 0) is 30.7 Å². The van der Waals surface area contributed by atoms with E-state index in [0.29, 0.717) is 12.8 Å². The highest BCUT2D eigenvalue weighted by molar-refractivity contribution is 7.10. The number of hydrogen-bond donors (Lipinski definition) is 4. The normalized spacial score (nSPS) is 12.2.